The molecule has 0 radical (unpaired) electrons. The number of rotatable bonds is 3. The van der Waals surface area contributed by atoms with Crippen LogP contribution in [0.3, 0.4) is 0 Å². The number of benzene rings is 1. The minimum absolute atomic E-state index is 0.0590. The highest BCUT2D eigenvalue weighted by molar-refractivity contribution is 5.90. The number of nitrogens with one attached hydrogen (secondary N) is 1. The zero-order valence-corrected chi connectivity index (χ0v) is 18.1. The molecule has 9 heteroatoms. The third-order valence-electron chi connectivity index (χ3n) is 6.27. The molecule has 1 N–H and O–H groups in total. The molecule has 1 aliphatic carbocycles. The molecular weight excluding hydrogens is 394 g/mol. The molecule has 9 nitrogen and oxygen atoms in total. The molecule has 31 heavy (non-hydrogen) atoms. The Labute approximate surface area is 181 Å². The molecule has 2 aromatic heterocycles. The van der Waals surface area contributed by atoms with Crippen LogP contribution in [0.15, 0.2) is 24.4 Å². The second-order valence-electron chi connectivity index (χ2n) is 8.29. The van der Waals surface area contributed by atoms with Crippen molar-refractivity contribution < 1.29 is 9.53 Å². The lowest BCUT2D eigenvalue weighted by Crippen LogP contribution is -2.55. The van der Waals surface area contributed by atoms with Crippen molar-refractivity contribution in [2.75, 3.05) is 37.0 Å². The van der Waals surface area contributed by atoms with Crippen LogP contribution in [0.1, 0.15) is 24.5 Å². The molecule has 0 saturated carbocycles. The number of methoxy groups -OCH3 is 1. The van der Waals surface area contributed by atoms with Crippen molar-refractivity contribution in [1.82, 2.24) is 24.6 Å². The minimum atomic E-state index is -0.0590. The first-order valence-corrected chi connectivity index (χ1v) is 10.7. The molecule has 5 rings (SSSR count). The Kier molecular flexibility index (Phi) is 4.88. The molecule has 1 aliphatic heterocycles. The van der Waals surface area contributed by atoms with Crippen molar-refractivity contribution in [1.29, 1.82) is 0 Å². The minimum Gasteiger partial charge on any atom is -0.467 e. The molecule has 1 atom stereocenters. The van der Waals surface area contributed by atoms with Crippen molar-refractivity contribution in [3.63, 3.8) is 0 Å². The molecule has 2 amide bonds. The summed E-state index contributed by atoms with van der Waals surface area (Å²) in [5, 5.41) is 8.28. The van der Waals surface area contributed by atoms with Crippen LogP contribution >= 0.6 is 0 Å². The monoisotopic (exact) mass is 421 g/mol. The van der Waals surface area contributed by atoms with E-state index in [1.165, 1.54) is 17.5 Å². The van der Waals surface area contributed by atoms with Gasteiger partial charge in [0.05, 0.1) is 18.7 Å². The lowest BCUT2D eigenvalue weighted by molar-refractivity contribution is 0.200. The van der Waals surface area contributed by atoms with Gasteiger partial charge in [0.25, 0.3) is 0 Å². The van der Waals surface area contributed by atoms with Crippen molar-refractivity contribution in [3.05, 3.63) is 35.5 Å². The quantitative estimate of drug-likeness (QED) is 0.699. The van der Waals surface area contributed by atoms with Crippen LogP contribution in [0.5, 0.6) is 6.01 Å². The zero-order valence-electron chi connectivity index (χ0n) is 18.1. The Morgan fingerprint density at radius 2 is 2.03 bits per heavy atom. The lowest BCUT2D eigenvalue weighted by Gasteiger charge is -2.40. The highest BCUT2D eigenvalue weighted by Crippen LogP contribution is 2.29. The van der Waals surface area contributed by atoms with Crippen molar-refractivity contribution >= 4 is 28.6 Å². The third kappa shape index (κ3) is 3.54. The number of hydrogen-bond donors (Lipinski definition) is 1. The number of hydrogen-bond acceptors (Lipinski definition) is 6. The van der Waals surface area contributed by atoms with Crippen LogP contribution in [0.25, 0.3) is 11.0 Å². The first kappa shape index (κ1) is 19.6. The average Bonchev–Trinajstić information content (AvgIpc) is 3.39. The Balaban J connectivity index is 1.31. The van der Waals surface area contributed by atoms with Crippen LogP contribution < -0.4 is 15.0 Å². The first-order valence-electron chi connectivity index (χ1n) is 10.7. The third-order valence-corrected chi connectivity index (χ3v) is 6.27. The molecule has 2 aliphatic rings. The number of carbonyl (C=O) groups is 1. The number of aromatic nitrogens is 4. The van der Waals surface area contributed by atoms with E-state index >= 15 is 0 Å². The number of nitrogens with zero attached hydrogens (tertiary/aromatic N) is 6. The molecule has 0 unspecified atom stereocenters. The van der Waals surface area contributed by atoms with Gasteiger partial charge in [0.1, 0.15) is 5.82 Å². The maximum atomic E-state index is 12.9. The van der Waals surface area contributed by atoms with Gasteiger partial charge in [-0.2, -0.15) is 15.1 Å². The Bertz CT molecular complexity index is 1140. The highest BCUT2D eigenvalue weighted by atomic mass is 16.5. The van der Waals surface area contributed by atoms with Gasteiger partial charge in [0, 0.05) is 38.4 Å². The van der Waals surface area contributed by atoms with Crippen LogP contribution in [-0.2, 0) is 19.9 Å². The maximum Gasteiger partial charge on any atom is 0.321 e. The Hall–Kier alpha value is -3.36. The smallest absolute Gasteiger partial charge is 0.321 e. The second kappa shape index (κ2) is 7.72. The summed E-state index contributed by atoms with van der Waals surface area (Å²) in [7, 11) is 3.41. The fraction of sp³-hybridized carbons (Fsp3) is 0.455. The van der Waals surface area contributed by atoms with E-state index in [1.54, 1.807) is 18.0 Å². The number of fused-ring (bicyclic) bond motifs is 2. The SMILES string of the molecule is COc1nc(N2CCN(C(=O)Nc3ccc4c(c3)CCC4)C[C@@H]2C)c2cnn(C)c2n1. The van der Waals surface area contributed by atoms with Gasteiger partial charge in [0.15, 0.2) is 5.65 Å². The van der Waals surface area contributed by atoms with Crippen LogP contribution in [0.2, 0.25) is 0 Å². The summed E-state index contributed by atoms with van der Waals surface area (Å²) in [6.07, 6.45) is 5.22. The lowest BCUT2D eigenvalue weighted by atomic mass is 10.1. The van der Waals surface area contributed by atoms with E-state index in [2.05, 4.69) is 44.3 Å². The van der Waals surface area contributed by atoms with E-state index in [4.69, 9.17) is 4.74 Å². The molecule has 1 fully saturated rings. The number of piperazine rings is 1. The van der Waals surface area contributed by atoms with Gasteiger partial charge in [-0.25, -0.2) is 4.79 Å². The van der Waals surface area contributed by atoms with Crippen molar-refractivity contribution in [2.45, 2.75) is 32.2 Å². The van der Waals surface area contributed by atoms with E-state index in [-0.39, 0.29) is 12.1 Å². The number of aryl methyl sites for hydroxylation is 3. The largest absolute Gasteiger partial charge is 0.467 e. The predicted molar refractivity (Wildman–Crippen MR) is 119 cm³/mol. The molecule has 0 bridgehead atoms. The van der Waals surface area contributed by atoms with Gasteiger partial charge in [0.2, 0.25) is 0 Å². The van der Waals surface area contributed by atoms with Gasteiger partial charge in [-0.1, -0.05) is 6.07 Å². The number of amides is 2. The summed E-state index contributed by atoms with van der Waals surface area (Å²) in [5.74, 6) is 0.793. The summed E-state index contributed by atoms with van der Waals surface area (Å²) >= 11 is 0. The second-order valence-corrected chi connectivity index (χ2v) is 8.29. The molecule has 3 heterocycles. The molecule has 162 valence electrons. The summed E-state index contributed by atoms with van der Waals surface area (Å²) < 4.78 is 7.02. The van der Waals surface area contributed by atoms with E-state index in [1.807, 2.05) is 18.0 Å². The van der Waals surface area contributed by atoms with E-state index < -0.39 is 0 Å². The molecule has 1 aromatic carbocycles. The van der Waals surface area contributed by atoms with Crippen molar-refractivity contribution in [3.8, 4) is 6.01 Å². The number of anilines is 2. The Morgan fingerprint density at radius 3 is 2.84 bits per heavy atom. The van der Waals surface area contributed by atoms with Gasteiger partial charge < -0.3 is 19.9 Å². The Morgan fingerprint density at radius 1 is 1.19 bits per heavy atom. The molecule has 1 saturated heterocycles. The molecular formula is C22H27N7O2. The van der Waals surface area contributed by atoms with Gasteiger partial charge in [-0.3, -0.25) is 4.68 Å². The fourth-order valence-electron chi connectivity index (χ4n) is 4.61. The maximum absolute atomic E-state index is 12.9. The van der Waals surface area contributed by atoms with E-state index in [0.717, 1.165) is 35.4 Å². The first-order chi connectivity index (χ1) is 15.0. The number of urea groups is 1. The zero-order chi connectivity index (χ0) is 21.5. The fourth-order valence-corrected chi connectivity index (χ4v) is 4.61. The summed E-state index contributed by atoms with van der Waals surface area (Å²) in [6.45, 7) is 3.98. The van der Waals surface area contributed by atoms with Crippen LogP contribution in [0, 0.1) is 0 Å². The normalized spacial score (nSPS) is 18.4. The molecule has 0 spiro atoms. The van der Waals surface area contributed by atoms with Crippen molar-refractivity contribution in [2.24, 2.45) is 7.05 Å². The predicted octanol–water partition coefficient (Wildman–Crippen LogP) is 2.60. The number of carbonyl (C=O) groups excluding carboxylic acids is 1. The molecule has 3 aromatic rings. The topological polar surface area (TPSA) is 88.4 Å². The summed E-state index contributed by atoms with van der Waals surface area (Å²) in [5.41, 5.74) is 4.36. The van der Waals surface area contributed by atoms with Crippen LogP contribution in [0.4, 0.5) is 16.3 Å². The van der Waals surface area contributed by atoms with Crippen LogP contribution in [-0.4, -0.2) is 63.5 Å². The van der Waals surface area contributed by atoms with Gasteiger partial charge in [-0.15, -0.1) is 0 Å². The highest BCUT2D eigenvalue weighted by Gasteiger charge is 2.30. The van der Waals surface area contributed by atoms with E-state index in [9.17, 15) is 4.79 Å². The standard InChI is InChI=1S/C22H27N7O2/c1-14-13-28(22(30)24-17-8-7-15-5-4-6-16(15)11-17)9-10-29(14)20-18-12-23-27(2)19(18)25-21(26-20)31-3/h7-8,11-12,14H,4-6,9-10,13H2,1-3H3,(H,24,30)/t14-/m0/s1. The van der Waals surface area contributed by atoms with E-state index in [0.29, 0.717) is 25.6 Å². The summed E-state index contributed by atoms with van der Waals surface area (Å²) in [4.78, 5) is 26.0. The summed E-state index contributed by atoms with van der Waals surface area (Å²) in [6, 6.07) is 6.61. The number of ether oxygens (including phenoxy) is 1. The average molecular weight is 422 g/mol. The van der Waals surface area contributed by atoms with Gasteiger partial charge >= 0.3 is 12.0 Å². The van der Waals surface area contributed by atoms with Gasteiger partial charge in [-0.05, 0) is 49.4 Å².